The molecule has 0 aromatic carbocycles. The van der Waals surface area contributed by atoms with Crippen molar-refractivity contribution in [2.75, 3.05) is 13.1 Å². The molecule has 1 N–H and O–H groups in total. The number of carbonyl (C=O) groups is 1. The van der Waals surface area contributed by atoms with Crippen LogP contribution >= 0.6 is 11.3 Å². The number of aliphatic hydroxyl groups is 1. The zero-order valence-corrected chi connectivity index (χ0v) is 12.4. The van der Waals surface area contributed by atoms with E-state index >= 15 is 0 Å². The number of hydrogen-bond acceptors (Lipinski definition) is 3. The number of thiophene rings is 1. The second kappa shape index (κ2) is 5.88. The summed E-state index contributed by atoms with van der Waals surface area (Å²) in [5.74, 6) is 0.0468. The Balaban J connectivity index is 1.97. The van der Waals surface area contributed by atoms with Crippen LogP contribution in [0, 0.1) is 6.92 Å². The molecule has 4 heteroatoms. The lowest BCUT2D eigenvalue weighted by atomic mass is 9.98. The molecule has 104 valence electrons. The molecular formula is C15H21NO2S. The van der Waals surface area contributed by atoms with Gasteiger partial charge in [-0.15, -0.1) is 11.3 Å². The van der Waals surface area contributed by atoms with E-state index in [0.29, 0.717) is 13.0 Å². The fraction of sp³-hybridized carbons (Fsp3) is 0.533. The van der Waals surface area contributed by atoms with Crippen LogP contribution in [0.3, 0.4) is 0 Å². The molecule has 0 spiro atoms. The van der Waals surface area contributed by atoms with Gasteiger partial charge in [-0.25, -0.2) is 0 Å². The van der Waals surface area contributed by atoms with E-state index in [1.54, 1.807) is 17.4 Å². The lowest BCUT2D eigenvalue weighted by Crippen LogP contribution is -2.32. The van der Waals surface area contributed by atoms with Crippen LogP contribution < -0.4 is 0 Å². The van der Waals surface area contributed by atoms with Gasteiger partial charge in [-0.2, -0.15) is 0 Å². The lowest BCUT2D eigenvalue weighted by Gasteiger charge is -2.21. The Morgan fingerprint density at radius 1 is 1.47 bits per heavy atom. The molecule has 1 saturated heterocycles. The number of hydrogen-bond donors (Lipinski definition) is 1. The summed E-state index contributed by atoms with van der Waals surface area (Å²) in [5.41, 5.74) is 0.580. The van der Waals surface area contributed by atoms with Crippen molar-refractivity contribution in [2.45, 2.75) is 38.7 Å². The van der Waals surface area contributed by atoms with Crippen molar-refractivity contribution < 1.29 is 9.90 Å². The third-order valence-electron chi connectivity index (χ3n) is 3.65. The van der Waals surface area contributed by atoms with Crippen LogP contribution in [-0.2, 0) is 4.79 Å². The summed E-state index contributed by atoms with van der Waals surface area (Å²) < 4.78 is 0. The standard InChI is InChI=1S/C15H21NO2S/c1-12-6-11-19-13(12)4-5-14(17)16-9-3-7-15(2,18)8-10-16/h4-6,11,18H,3,7-10H2,1-2H3/b5-4+. The second-order valence-corrected chi connectivity index (χ2v) is 6.42. The van der Waals surface area contributed by atoms with Gasteiger partial charge in [0.2, 0.25) is 5.91 Å². The van der Waals surface area contributed by atoms with E-state index in [-0.39, 0.29) is 5.91 Å². The van der Waals surface area contributed by atoms with Gasteiger partial charge in [-0.05, 0) is 56.2 Å². The lowest BCUT2D eigenvalue weighted by molar-refractivity contribution is -0.126. The largest absolute Gasteiger partial charge is 0.390 e. The first-order valence-electron chi connectivity index (χ1n) is 6.71. The van der Waals surface area contributed by atoms with Crippen molar-refractivity contribution in [3.8, 4) is 0 Å². The Labute approximate surface area is 118 Å². The Morgan fingerprint density at radius 2 is 2.26 bits per heavy atom. The average molecular weight is 279 g/mol. The predicted molar refractivity (Wildman–Crippen MR) is 79.1 cm³/mol. The molecule has 0 aliphatic carbocycles. The first-order valence-corrected chi connectivity index (χ1v) is 7.59. The van der Waals surface area contributed by atoms with Crippen LogP contribution in [0.1, 0.15) is 36.6 Å². The molecule has 2 rings (SSSR count). The van der Waals surface area contributed by atoms with Crippen molar-refractivity contribution >= 4 is 23.3 Å². The van der Waals surface area contributed by atoms with Crippen molar-refractivity contribution in [1.82, 2.24) is 4.90 Å². The summed E-state index contributed by atoms with van der Waals surface area (Å²) in [6.07, 6.45) is 5.84. The maximum atomic E-state index is 12.1. The summed E-state index contributed by atoms with van der Waals surface area (Å²) in [4.78, 5) is 15.1. The number of likely N-dealkylation sites (tertiary alicyclic amines) is 1. The fourth-order valence-electron chi connectivity index (χ4n) is 2.29. The van der Waals surface area contributed by atoms with Crippen LogP contribution in [0.5, 0.6) is 0 Å². The predicted octanol–water partition coefficient (Wildman–Crippen LogP) is 2.83. The van der Waals surface area contributed by atoms with Crippen LogP contribution in [0.15, 0.2) is 17.5 Å². The van der Waals surface area contributed by atoms with E-state index in [0.717, 1.165) is 24.3 Å². The molecule has 1 aromatic heterocycles. The molecule has 1 aliphatic heterocycles. The van der Waals surface area contributed by atoms with Crippen molar-refractivity contribution in [1.29, 1.82) is 0 Å². The Morgan fingerprint density at radius 3 is 2.95 bits per heavy atom. The maximum absolute atomic E-state index is 12.1. The molecular weight excluding hydrogens is 258 g/mol. The average Bonchev–Trinajstić information content (AvgIpc) is 2.66. The van der Waals surface area contributed by atoms with Gasteiger partial charge in [0.15, 0.2) is 0 Å². The van der Waals surface area contributed by atoms with Gasteiger partial charge < -0.3 is 10.0 Å². The minimum atomic E-state index is -0.622. The molecule has 19 heavy (non-hydrogen) atoms. The monoisotopic (exact) mass is 279 g/mol. The summed E-state index contributed by atoms with van der Waals surface area (Å²) in [6, 6.07) is 2.05. The van der Waals surface area contributed by atoms with Gasteiger partial charge in [-0.3, -0.25) is 4.79 Å². The SMILES string of the molecule is Cc1ccsc1/C=C/C(=O)N1CCCC(C)(O)CC1. The third kappa shape index (κ3) is 3.91. The molecule has 2 heterocycles. The summed E-state index contributed by atoms with van der Waals surface area (Å²) in [7, 11) is 0. The summed E-state index contributed by atoms with van der Waals surface area (Å²) in [5, 5.41) is 12.0. The number of aryl methyl sites for hydroxylation is 1. The first kappa shape index (κ1) is 14.3. The van der Waals surface area contributed by atoms with Gasteiger partial charge in [0.25, 0.3) is 0 Å². The van der Waals surface area contributed by atoms with Crippen LogP contribution in [-0.4, -0.2) is 34.6 Å². The number of carbonyl (C=O) groups excluding carboxylic acids is 1. The van der Waals surface area contributed by atoms with E-state index < -0.39 is 5.60 Å². The van der Waals surface area contributed by atoms with Crippen molar-refractivity contribution in [2.24, 2.45) is 0 Å². The highest BCUT2D eigenvalue weighted by Crippen LogP contribution is 2.22. The number of nitrogens with zero attached hydrogens (tertiary/aromatic N) is 1. The molecule has 0 saturated carbocycles. The highest BCUT2D eigenvalue weighted by molar-refractivity contribution is 7.11. The topological polar surface area (TPSA) is 40.5 Å². The normalized spacial score (nSPS) is 24.7. The highest BCUT2D eigenvalue weighted by Gasteiger charge is 2.26. The molecule has 1 unspecified atom stereocenters. The minimum absolute atomic E-state index is 0.0468. The van der Waals surface area contributed by atoms with Gasteiger partial charge in [0.1, 0.15) is 0 Å². The van der Waals surface area contributed by atoms with Crippen molar-refractivity contribution in [3.63, 3.8) is 0 Å². The van der Waals surface area contributed by atoms with E-state index in [1.807, 2.05) is 30.2 Å². The quantitative estimate of drug-likeness (QED) is 0.846. The molecule has 1 amide bonds. The fourth-order valence-corrected chi connectivity index (χ4v) is 3.11. The van der Waals surface area contributed by atoms with E-state index in [4.69, 9.17) is 0 Å². The Bertz CT molecular complexity index is 476. The summed E-state index contributed by atoms with van der Waals surface area (Å²) in [6.45, 7) is 5.28. The van der Waals surface area contributed by atoms with Gasteiger partial charge in [0, 0.05) is 24.0 Å². The smallest absolute Gasteiger partial charge is 0.246 e. The van der Waals surface area contributed by atoms with Crippen molar-refractivity contribution in [3.05, 3.63) is 28.0 Å². The molecule has 3 nitrogen and oxygen atoms in total. The first-order chi connectivity index (χ1) is 8.98. The molecule has 0 bridgehead atoms. The van der Waals surface area contributed by atoms with Gasteiger partial charge >= 0.3 is 0 Å². The summed E-state index contributed by atoms with van der Waals surface area (Å²) >= 11 is 1.64. The van der Waals surface area contributed by atoms with Crippen LogP contribution in [0.4, 0.5) is 0 Å². The third-order valence-corrected chi connectivity index (χ3v) is 4.64. The zero-order chi connectivity index (χ0) is 13.9. The second-order valence-electron chi connectivity index (χ2n) is 5.48. The Hall–Kier alpha value is -1.13. The number of rotatable bonds is 2. The van der Waals surface area contributed by atoms with E-state index in [1.165, 1.54) is 5.56 Å². The molecule has 0 radical (unpaired) electrons. The Kier molecular flexibility index (Phi) is 4.42. The number of amides is 1. The van der Waals surface area contributed by atoms with Crippen LogP contribution in [0.25, 0.3) is 6.08 Å². The highest BCUT2D eigenvalue weighted by atomic mass is 32.1. The minimum Gasteiger partial charge on any atom is -0.390 e. The zero-order valence-electron chi connectivity index (χ0n) is 11.6. The van der Waals surface area contributed by atoms with E-state index in [2.05, 4.69) is 6.07 Å². The van der Waals surface area contributed by atoms with E-state index in [9.17, 15) is 9.90 Å². The molecule has 1 fully saturated rings. The van der Waals surface area contributed by atoms with Gasteiger partial charge in [0.05, 0.1) is 5.60 Å². The molecule has 1 aliphatic rings. The molecule has 1 atom stereocenters. The maximum Gasteiger partial charge on any atom is 0.246 e. The van der Waals surface area contributed by atoms with Crippen LogP contribution in [0.2, 0.25) is 0 Å². The van der Waals surface area contributed by atoms with Gasteiger partial charge in [-0.1, -0.05) is 0 Å². The molecule has 1 aromatic rings.